The zero-order chi connectivity index (χ0) is 13.2. The van der Waals surface area contributed by atoms with Crippen molar-refractivity contribution in [3.05, 3.63) is 65.9 Å². The van der Waals surface area contributed by atoms with Crippen LogP contribution < -0.4 is 0 Å². The van der Waals surface area contributed by atoms with Gasteiger partial charge in [-0.25, -0.2) is 0 Å². The summed E-state index contributed by atoms with van der Waals surface area (Å²) in [6, 6.07) is 17.1. The molecule has 0 radical (unpaired) electrons. The van der Waals surface area contributed by atoms with E-state index in [1.165, 1.54) is 0 Å². The van der Waals surface area contributed by atoms with Gasteiger partial charge in [-0.15, -0.1) is 0 Å². The number of hydrogen-bond donors (Lipinski definition) is 0. The van der Waals surface area contributed by atoms with Crippen molar-refractivity contribution >= 4 is 11.8 Å². The van der Waals surface area contributed by atoms with Crippen molar-refractivity contribution in [1.82, 2.24) is 4.40 Å². The van der Waals surface area contributed by atoms with Gasteiger partial charge in [0.15, 0.2) is 0 Å². The molecule has 2 aromatic heterocycles. The molecular formula is C16H10N2O. The van der Waals surface area contributed by atoms with Crippen LogP contribution in [-0.4, -0.2) is 10.7 Å². The van der Waals surface area contributed by atoms with Crippen LogP contribution in [0.4, 0.5) is 0 Å². The number of nitriles is 1. The number of carbonyl (C=O) groups excluding carboxylic acids is 1. The van der Waals surface area contributed by atoms with Crippen LogP contribution in [0.5, 0.6) is 0 Å². The second-order valence-electron chi connectivity index (χ2n) is 4.25. The van der Waals surface area contributed by atoms with Gasteiger partial charge in [0.2, 0.25) is 0 Å². The van der Waals surface area contributed by atoms with Crippen LogP contribution in [-0.2, 0) is 0 Å². The van der Waals surface area contributed by atoms with Crippen LogP contribution in [0.2, 0.25) is 0 Å². The molecule has 19 heavy (non-hydrogen) atoms. The van der Waals surface area contributed by atoms with Crippen LogP contribution in [0, 0.1) is 11.3 Å². The minimum atomic E-state index is 0.627. The second-order valence-corrected chi connectivity index (χ2v) is 4.25. The molecule has 2 heterocycles. The predicted octanol–water partition coefficient (Wildman–Crippen LogP) is 3.29. The highest BCUT2D eigenvalue weighted by Crippen LogP contribution is 2.26. The Morgan fingerprint density at radius 2 is 2.00 bits per heavy atom. The molecule has 90 valence electrons. The topological polar surface area (TPSA) is 45.3 Å². The van der Waals surface area contributed by atoms with Crippen LogP contribution in [0.3, 0.4) is 0 Å². The fraction of sp³-hybridized carbons (Fsp3) is 0. The van der Waals surface area contributed by atoms with Gasteiger partial charge < -0.3 is 4.40 Å². The summed E-state index contributed by atoms with van der Waals surface area (Å²) in [6.07, 6.45) is 2.74. The molecule has 0 bridgehead atoms. The van der Waals surface area contributed by atoms with Crippen molar-refractivity contribution in [1.29, 1.82) is 5.26 Å². The van der Waals surface area contributed by atoms with Crippen LogP contribution in [0.25, 0.3) is 16.8 Å². The van der Waals surface area contributed by atoms with Crippen LogP contribution >= 0.6 is 0 Å². The maximum Gasteiger partial charge on any atom is 0.150 e. The molecule has 3 aromatic rings. The maximum absolute atomic E-state index is 10.9. The number of benzene rings is 1. The van der Waals surface area contributed by atoms with E-state index in [4.69, 9.17) is 0 Å². The van der Waals surface area contributed by atoms with Crippen molar-refractivity contribution in [2.24, 2.45) is 0 Å². The van der Waals surface area contributed by atoms with Gasteiger partial charge in [0.1, 0.15) is 12.4 Å². The average molecular weight is 246 g/mol. The average Bonchev–Trinajstić information content (AvgIpc) is 2.86. The molecule has 3 rings (SSSR count). The Bertz CT molecular complexity index is 809. The summed E-state index contributed by atoms with van der Waals surface area (Å²) in [6.45, 7) is 0. The fourth-order valence-electron chi connectivity index (χ4n) is 2.24. The summed E-state index contributed by atoms with van der Waals surface area (Å²) in [5.74, 6) is 0. The fourth-order valence-corrected chi connectivity index (χ4v) is 2.24. The van der Waals surface area contributed by atoms with Gasteiger partial charge in [-0.2, -0.15) is 5.26 Å². The lowest BCUT2D eigenvalue weighted by Gasteiger charge is -2.03. The lowest BCUT2D eigenvalue weighted by atomic mass is 10.1. The summed E-state index contributed by atoms with van der Waals surface area (Å²) < 4.78 is 1.96. The predicted molar refractivity (Wildman–Crippen MR) is 72.9 cm³/mol. The largest absolute Gasteiger partial charge is 0.315 e. The number of hydrogen-bond acceptors (Lipinski definition) is 2. The van der Waals surface area contributed by atoms with Gasteiger partial charge in [0, 0.05) is 11.8 Å². The highest BCUT2D eigenvalue weighted by atomic mass is 16.1. The molecule has 0 atom stereocenters. The van der Waals surface area contributed by atoms with Gasteiger partial charge >= 0.3 is 0 Å². The van der Waals surface area contributed by atoms with Gasteiger partial charge in [-0.3, -0.25) is 4.79 Å². The van der Waals surface area contributed by atoms with E-state index < -0.39 is 0 Å². The van der Waals surface area contributed by atoms with Crippen molar-refractivity contribution in [3.63, 3.8) is 0 Å². The number of carbonyl (C=O) groups is 1. The van der Waals surface area contributed by atoms with E-state index in [2.05, 4.69) is 6.07 Å². The quantitative estimate of drug-likeness (QED) is 0.651. The summed E-state index contributed by atoms with van der Waals surface area (Å²) in [5.41, 5.74) is 3.97. The Balaban J connectivity index is 2.31. The highest BCUT2D eigenvalue weighted by molar-refractivity contribution is 5.80. The van der Waals surface area contributed by atoms with Gasteiger partial charge in [0.25, 0.3) is 0 Å². The first kappa shape index (κ1) is 11.2. The number of fused-ring (bicyclic) bond motifs is 1. The first-order chi connectivity index (χ1) is 9.33. The molecule has 0 unspecified atom stereocenters. The third kappa shape index (κ3) is 1.80. The lowest BCUT2D eigenvalue weighted by molar-refractivity contribution is 0.112. The molecule has 0 aliphatic heterocycles. The van der Waals surface area contributed by atoms with E-state index in [1.807, 2.05) is 53.1 Å². The Morgan fingerprint density at radius 3 is 2.79 bits per heavy atom. The summed E-state index contributed by atoms with van der Waals surface area (Å²) in [4.78, 5) is 10.9. The van der Waals surface area contributed by atoms with Gasteiger partial charge in [-0.1, -0.05) is 24.3 Å². The molecule has 0 amide bonds. The summed E-state index contributed by atoms with van der Waals surface area (Å²) in [5, 5.41) is 9.18. The standard InChI is InChI=1S/C16H10N2O/c17-10-14-9-16(18-7-2-1-6-15(14)18)13-5-3-4-12(8-13)11-19/h1-9,11H. The van der Waals surface area contributed by atoms with Gasteiger partial charge in [-0.05, 0) is 29.8 Å². The highest BCUT2D eigenvalue weighted by Gasteiger charge is 2.09. The van der Waals surface area contributed by atoms with Crippen LogP contribution in [0.15, 0.2) is 54.7 Å². The van der Waals surface area contributed by atoms with E-state index in [1.54, 1.807) is 6.07 Å². The monoisotopic (exact) mass is 246 g/mol. The molecule has 3 nitrogen and oxygen atoms in total. The SMILES string of the molecule is N#Cc1cc(-c2cccc(C=O)c2)n2ccccc12. The number of rotatable bonds is 2. The molecular weight excluding hydrogens is 236 g/mol. The number of nitrogens with zero attached hydrogens (tertiary/aromatic N) is 2. The lowest BCUT2D eigenvalue weighted by Crippen LogP contribution is -1.88. The Labute approximate surface area is 110 Å². The second kappa shape index (κ2) is 4.43. The molecule has 0 saturated carbocycles. The van der Waals surface area contributed by atoms with Gasteiger partial charge in [0.05, 0.1) is 16.8 Å². The molecule has 1 aromatic carbocycles. The van der Waals surface area contributed by atoms with Crippen molar-refractivity contribution in [2.75, 3.05) is 0 Å². The van der Waals surface area contributed by atoms with E-state index in [-0.39, 0.29) is 0 Å². The first-order valence-electron chi connectivity index (χ1n) is 5.89. The Hall–Kier alpha value is -2.86. The smallest absolute Gasteiger partial charge is 0.150 e. The molecule has 3 heteroatoms. The minimum absolute atomic E-state index is 0.627. The molecule has 0 saturated heterocycles. The minimum Gasteiger partial charge on any atom is -0.315 e. The zero-order valence-electron chi connectivity index (χ0n) is 10.1. The molecule has 0 fully saturated rings. The normalized spacial score (nSPS) is 10.3. The van der Waals surface area contributed by atoms with E-state index in [0.717, 1.165) is 23.1 Å². The summed E-state index contributed by atoms with van der Waals surface area (Å²) in [7, 11) is 0. The van der Waals surface area contributed by atoms with E-state index in [9.17, 15) is 10.1 Å². The van der Waals surface area contributed by atoms with Crippen molar-refractivity contribution in [2.45, 2.75) is 0 Å². The number of aromatic nitrogens is 1. The number of aldehydes is 1. The summed E-state index contributed by atoms with van der Waals surface area (Å²) >= 11 is 0. The van der Waals surface area contributed by atoms with E-state index >= 15 is 0 Å². The van der Waals surface area contributed by atoms with E-state index in [0.29, 0.717) is 11.1 Å². The Morgan fingerprint density at radius 1 is 1.11 bits per heavy atom. The Kier molecular flexibility index (Phi) is 2.62. The molecule has 0 aliphatic carbocycles. The zero-order valence-corrected chi connectivity index (χ0v) is 10.1. The van der Waals surface area contributed by atoms with Crippen molar-refractivity contribution < 1.29 is 4.79 Å². The van der Waals surface area contributed by atoms with Crippen LogP contribution in [0.1, 0.15) is 15.9 Å². The third-order valence-corrected chi connectivity index (χ3v) is 3.12. The third-order valence-electron chi connectivity index (χ3n) is 3.12. The number of pyridine rings is 1. The molecule has 0 N–H and O–H groups in total. The maximum atomic E-state index is 10.9. The van der Waals surface area contributed by atoms with Crippen molar-refractivity contribution in [3.8, 4) is 17.3 Å². The molecule has 0 spiro atoms. The first-order valence-corrected chi connectivity index (χ1v) is 5.89. The molecule has 0 aliphatic rings.